The summed E-state index contributed by atoms with van der Waals surface area (Å²) in [6.07, 6.45) is -1.31. The molecule has 4 rings (SSSR count). The third kappa shape index (κ3) is 4.06. The summed E-state index contributed by atoms with van der Waals surface area (Å²) in [4.78, 5) is 8.25. The Balaban J connectivity index is 1.61. The lowest BCUT2D eigenvalue weighted by atomic mass is 10.1. The Morgan fingerprint density at radius 2 is 1.84 bits per heavy atom. The van der Waals surface area contributed by atoms with Gasteiger partial charge in [0.2, 0.25) is 11.8 Å². The van der Waals surface area contributed by atoms with Gasteiger partial charge in [0.15, 0.2) is 5.65 Å². The van der Waals surface area contributed by atoms with Gasteiger partial charge in [-0.05, 0) is 43.7 Å². The number of halogens is 3. The summed E-state index contributed by atoms with van der Waals surface area (Å²) < 4.78 is 49.1. The number of fused-ring (bicyclic) bond motifs is 1. The molecule has 0 saturated heterocycles. The minimum Gasteiger partial charge on any atom is -0.439 e. The van der Waals surface area contributed by atoms with E-state index < -0.39 is 11.7 Å². The molecule has 0 saturated carbocycles. The maximum absolute atomic E-state index is 13.6. The lowest BCUT2D eigenvalue weighted by Crippen LogP contribution is -2.07. The topological polar surface area (TPSA) is 96.1 Å². The lowest BCUT2D eigenvalue weighted by molar-refractivity contribution is -0.136. The third-order valence-corrected chi connectivity index (χ3v) is 4.52. The van der Waals surface area contributed by atoms with Gasteiger partial charge in [0.05, 0.1) is 34.7 Å². The number of aryl methyl sites for hydroxylation is 3. The molecule has 0 radical (unpaired) electrons. The van der Waals surface area contributed by atoms with Crippen molar-refractivity contribution >= 4 is 23.2 Å². The van der Waals surface area contributed by atoms with Gasteiger partial charge in [0.1, 0.15) is 5.75 Å². The molecule has 4 aromatic rings. The van der Waals surface area contributed by atoms with E-state index in [1.165, 1.54) is 23.3 Å². The van der Waals surface area contributed by atoms with Crippen LogP contribution in [0.3, 0.4) is 0 Å². The van der Waals surface area contributed by atoms with Crippen LogP contribution in [0.4, 0.5) is 19.1 Å². The molecular weight excluding hydrogens is 411 g/mol. The van der Waals surface area contributed by atoms with Gasteiger partial charge in [-0.3, -0.25) is 4.68 Å². The lowest BCUT2D eigenvalue weighted by Gasteiger charge is -2.11. The third-order valence-electron chi connectivity index (χ3n) is 4.52. The largest absolute Gasteiger partial charge is 0.439 e. The zero-order chi connectivity index (χ0) is 22.3. The van der Waals surface area contributed by atoms with E-state index in [1.807, 2.05) is 0 Å². The van der Waals surface area contributed by atoms with Gasteiger partial charge in [0, 0.05) is 13.1 Å². The second-order valence-electron chi connectivity index (χ2n) is 6.91. The van der Waals surface area contributed by atoms with Gasteiger partial charge in [-0.1, -0.05) is 0 Å². The first-order valence-electron chi connectivity index (χ1n) is 9.17. The van der Waals surface area contributed by atoms with Crippen LogP contribution in [0.15, 0.2) is 41.6 Å². The van der Waals surface area contributed by atoms with Crippen molar-refractivity contribution in [2.75, 3.05) is 5.73 Å². The van der Waals surface area contributed by atoms with Crippen LogP contribution in [0.2, 0.25) is 0 Å². The van der Waals surface area contributed by atoms with Crippen LogP contribution < -0.4 is 10.5 Å². The van der Waals surface area contributed by atoms with Crippen molar-refractivity contribution in [2.45, 2.75) is 20.0 Å². The fourth-order valence-corrected chi connectivity index (χ4v) is 3.17. The SMILES string of the molecule is Cc1cn(N=Cc2ccc(Oc3cc(C(F)(F)F)c4c(C)nn(C)c4n3)cc2)c(N)n1. The van der Waals surface area contributed by atoms with Gasteiger partial charge in [-0.25, -0.2) is 9.66 Å². The second kappa shape index (κ2) is 7.42. The molecule has 0 bridgehead atoms. The summed E-state index contributed by atoms with van der Waals surface area (Å²) in [5.41, 5.74) is 6.72. The summed E-state index contributed by atoms with van der Waals surface area (Å²) in [5, 5.41) is 8.22. The molecule has 2 N–H and O–H groups in total. The van der Waals surface area contributed by atoms with Gasteiger partial charge in [-0.15, -0.1) is 0 Å². The molecule has 0 amide bonds. The van der Waals surface area contributed by atoms with Gasteiger partial charge >= 0.3 is 6.18 Å². The van der Waals surface area contributed by atoms with Crippen LogP contribution in [0.5, 0.6) is 11.6 Å². The molecular formula is C20H18F3N7O. The van der Waals surface area contributed by atoms with Crippen LogP contribution in [0.25, 0.3) is 11.0 Å². The Morgan fingerprint density at radius 1 is 1.13 bits per heavy atom. The first-order chi connectivity index (χ1) is 14.6. The van der Waals surface area contributed by atoms with Crippen molar-refractivity contribution in [3.8, 4) is 11.6 Å². The molecule has 0 aliphatic rings. The maximum atomic E-state index is 13.6. The van der Waals surface area contributed by atoms with Gasteiger partial charge in [0.25, 0.3) is 0 Å². The quantitative estimate of drug-likeness (QED) is 0.494. The van der Waals surface area contributed by atoms with Crippen molar-refractivity contribution < 1.29 is 17.9 Å². The summed E-state index contributed by atoms with van der Waals surface area (Å²) in [5.74, 6) is 0.418. The van der Waals surface area contributed by atoms with Crippen molar-refractivity contribution in [1.82, 2.24) is 24.4 Å². The zero-order valence-electron chi connectivity index (χ0n) is 16.8. The van der Waals surface area contributed by atoms with E-state index in [2.05, 4.69) is 20.2 Å². The highest BCUT2D eigenvalue weighted by Crippen LogP contribution is 2.38. The van der Waals surface area contributed by atoms with Crippen LogP contribution in [-0.4, -0.2) is 30.6 Å². The van der Waals surface area contributed by atoms with Crippen molar-refractivity contribution in [3.63, 3.8) is 0 Å². The predicted octanol–water partition coefficient (Wildman–Crippen LogP) is 4.06. The molecule has 0 unspecified atom stereocenters. The molecule has 11 heteroatoms. The second-order valence-corrected chi connectivity index (χ2v) is 6.91. The smallest absolute Gasteiger partial charge is 0.417 e. The number of anilines is 1. The van der Waals surface area contributed by atoms with Gasteiger partial charge < -0.3 is 10.5 Å². The van der Waals surface area contributed by atoms with E-state index in [4.69, 9.17) is 10.5 Å². The Morgan fingerprint density at radius 3 is 2.45 bits per heavy atom. The number of imidazole rings is 1. The number of benzene rings is 1. The Bertz CT molecular complexity index is 1290. The average molecular weight is 429 g/mol. The van der Waals surface area contributed by atoms with E-state index >= 15 is 0 Å². The Hall–Kier alpha value is -3.89. The molecule has 0 fully saturated rings. The number of hydrogen-bond donors (Lipinski definition) is 1. The molecule has 160 valence electrons. The molecule has 0 atom stereocenters. The predicted molar refractivity (Wildman–Crippen MR) is 109 cm³/mol. The summed E-state index contributed by atoms with van der Waals surface area (Å²) >= 11 is 0. The highest BCUT2D eigenvalue weighted by molar-refractivity contribution is 5.83. The molecule has 3 heterocycles. The fourth-order valence-electron chi connectivity index (χ4n) is 3.17. The number of nitrogens with two attached hydrogens (primary N) is 1. The molecule has 1 aromatic carbocycles. The Kier molecular flexibility index (Phi) is 4.88. The molecule has 0 spiro atoms. The normalized spacial score (nSPS) is 12.2. The number of pyridine rings is 1. The number of hydrogen-bond acceptors (Lipinski definition) is 6. The van der Waals surface area contributed by atoms with E-state index in [0.717, 1.165) is 17.3 Å². The number of alkyl halides is 3. The summed E-state index contributed by atoms with van der Waals surface area (Å²) in [6, 6.07) is 7.51. The Labute approximate surface area is 174 Å². The molecule has 31 heavy (non-hydrogen) atoms. The van der Waals surface area contributed by atoms with Crippen molar-refractivity contribution in [2.24, 2.45) is 12.1 Å². The first-order valence-corrected chi connectivity index (χ1v) is 9.17. The van der Waals surface area contributed by atoms with Crippen LogP contribution >= 0.6 is 0 Å². The number of nitrogens with zero attached hydrogens (tertiary/aromatic N) is 6. The van der Waals surface area contributed by atoms with Crippen molar-refractivity contribution in [3.05, 3.63) is 59.0 Å². The standard InChI is InChI=1S/C20H18F3N7O/c1-11-10-30(19(24)26-11)25-9-13-4-6-14(7-5-13)31-16-8-15(20(21,22)23)17-12(2)28-29(3)18(17)27-16/h4-10H,1-3H3,(H2,24,26). The summed E-state index contributed by atoms with van der Waals surface area (Å²) in [6.45, 7) is 3.32. The van der Waals surface area contributed by atoms with Crippen LogP contribution in [0, 0.1) is 13.8 Å². The van der Waals surface area contributed by atoms with Gasteiger partial charge in [-0.2, -0.15) is 28.4 Å². The van der Waals surface area contributed by atoms with Crippen LogP contribution in [0.1, 0.15) is 22.5 Å². The molecule has 8 nitrogen and oxygen atoms in total. The highest BCUT2D eigenvalue weighted by Gasteiger charge is 2.35. The molecule has 3 aromatic heterocycles. The van der Waals surface area contributed by atoms with Crippen molar-refractivity contribution in [1.29, 1.82) is 0 Å². The van der Waals surface area contributed by atoms with E-state index in [-0.39, 0.29) is 28.6 Å². The molecule has 0 aliphatic heterocycles. The number of ether oxygens (including phenoxy) is 1. The monoisotopic (exact) mass is 429 g/mol. The van der Waals surface area contributed by atoms with E-state index in [1.54, 1.807) is 43.6 Å². The zero-order valence-corrected chi connectivity index (χ0v) is 16.8. The molecule has 0 aliphatic carbocycles. The number of nitrogen functional groups attached to an aromatic ring is 1. The maximum Gasteiger partial charge on any atom is 0.417 e. The fraction of sp³-hybridized carbons (Fsp3) is 0.200. The summed E-state index contributed by atoms with van der Waals surface area (Å²) in [7, 11) is 1.54. The van der Waals surface area contributed by atoms with E-state index in [9.17, 15) is 13.2 Å². The number of rotatable bonds is 4. The average Bonchev–Trinajstić information content (AvgIpc) is 3.17. The number of aromatic nitrogens is 5. The minimum atomic E-state index is -4.57. The minimum absolute atomic E-state index is 0.0390. The highest BCUT2D eigenvalue weighted by atomic mass is 19.4. The van der Waals surface area contributed by atoms with Crippen LogP contribution in [-0.2, 0) is 13.2 Å². The first kappa shape index (κ1) is 20.4. The van der Waals surface area contributed by atoms with E-state index in [0.29, 0.717) is 5.75 Å².